The van der Waals surface area contributed by atoms with E-state index in [1.807, 2.05) is 18.2 Å². The summed E-state index contributed by atoms with van der Waals surface area (Å²) in [6.07, 6.45) is 3.21. The maximum atomic E-state index is 6.18. The molecule has 1 aromatic carbocycles. The molecule has 114 valence electrons. The van der Waals surface area contributed by atoms with Gasteiger partial charge in [-0.2, -0.15) is 0 Å². The first-order valence-corrected chi connectivity index (χ1v) is 7.55. The Hall–Kier alpha value is -0.900. The van der Waals surface area contributed by atoms with Gasteiger partial charge in [0.25, 0.3) is 0 Å². The first-order chi connectivity index (χ1) is 9.55. The van der Waals surface area contributed by atoms with Crippen molar-refractivity contribution < 1.29 is 4.74 Å². The van der Waals surface area contributed by atoms with Crippen molar-refractivity contribution in [2.24, 2.45) is 11.1 Å². The van der Waals surface area contributed by atoms with Crippen LogP contribution in [0.3, 0.4) is 0 Å². The molecule has 1 aromatic rings. The van der Waals surface area contributed by atoms with Gasteiger partial charge in [-0.05, 0) is 36.8 Å². The van der Waals surface area contributed by atoms with Crippen molar-refractivity contribution in [3.05, 3.63) is 35.9 Å². The van der Waals surface area contributed by atoms with Crippen LogP contribution in [0.5, 0.6) is 0 Å². The van der Waals surface area contributed by atoms with Crippen molar-refractivity contribution >= 4 is 0 Å². The smallest absolute Gasteiger partial charge is 0.0467 e. The molecule has 0 saturated heterocycles. The highest BCUT2D eigenvalue weighted by molar-refractivity contribution is 5.18. The monoisotopic (exact) mass is 278 g/mol. The van der Waals surface area contributed by atoms with Gasteiger partial charge in [-0.15, -0.1) is 0 Å². The standard InChI is InChI=1S/C17H30N2O/c1-17(2,11-13-20-3)14-19-12-7-10-16(18)15-8-5-4-6-9-15/h4-6,8-9,16,19H,7,10-14,18H2,1-3H3. The molecule has 0 saturated carbocycles. The summed E-state index contributed by atoms with van der Waals surface area (Å²) in [7, 11) is 1.76. The van der Waals surface area contributed by atoms with E-state index >= 15 is 0 Å². The quantitative estimate of drug-likeness (QED) is 0.646. The van der Waals surface area contributed by atoms with Gasteiger partial charge in [0, 0.05) is 26.3 Å². The molecule has 3 heteroatoms. The molecule has 0 aliphatic heterocycles. The van der Waals surface area contributed by atoms with E-state index in [1.54, 1.807) is 7.11 Å². The molecule has 0 aliphatic carbocycles. The summed E-state index contributed by atoms with van der Waals surface area (Å²) in [4.78, 5) is 0. The Morgan fingerprint density at radius 1 is 1.25 bits per heavy atom. The molecule has 1 unspecified atom stereocenters. The Labute approximate surface area is 123 Å². The van der Waals surface area contributed by atoms with Crippen LogP contribution in [0.25, 0.3) is 0 Å². The van der Waals surface area contributed by atoms with Crippen molar-refractivity contribution in [3.63, 3.8) is 0 Å². The van der Waals surface area contributed by atoms with E-state index in [0.29, 0.717) is 0 Å². The van der Waals surface area contributed by atoms with Crippen molar-refractivity contribution in [1.29, 1.82) is 0 Å². The van der Waals surface area contributed by atoms with Gasteiger partial charge in [0.1, 0.15) is 0 Å². The van der Waals surface area contributed by atoms with Crippen LogP contribution < -0.4 is 11.1 Å². The number of hydrogen-bond donors (Lipinski definition) is 2. The molecule has 1 atom stereocenters. The highest BCUT2D eigenvalue weighted by atomic mass is 16.5. The first kappa shape index (κ1) is 17.2. The highest BCUT2D eigenvalue weighted by Gasteiger charge is 2.16. The minimum atomic E-state index is 0.152. The number of rotatable bonds is 10. The maximum absolute atomic E-state index is 6.18. The third kappa shape index (κ3) is 7.04. The van der Waals surface area contributed by atoms with Crippen LogP contribution in [0.2, 0.25) is 0 Å². The fourth-order valence-electron chi connectivity index (χ4n) is 2.21. The van der Waals surface area contributed by atoms with Crippen LogP contribution in [0.15, 0.2) is 30.3 Å². The van der Waals surface area contributed by atoms with E-state index in [9.17, 15) is 0 Å². The van der Waals surface area contributed by atoms with Crippen LogP contribution >= 0.6 is 0 Å². The summed E-state index contributed by atoms with van der Waals surface area (Å²) in [5.74, 6) is 0. The summed E-state index contributed by atoms with van der Waals surface area (Å²) in [6.45, 7) is 7.42. The lowest BCUT2D eigenvalue weighted by atomic mass is 9.89. The van der Waals surface area contributed by atoms with E-state index < -0.39 is 0 Å². The van der Waals surface area contributed by atoms with Gasteiger partial charge in [-0.1, -0.05) is 44.2 Å². The second kappa shape index (κ2) is 9.11. The number of nitrogens with two attached hydrogens (primary N) is 1. The Kier molecular flexibility index (Phi) is 7.82. The number of nitrogens with one attached hydrogen (secondary N) is 1. The maximum Gasteiger partial charge on any atom is 0.0467 e. The lowest BCUT2D eigenvalue weighted by molar-refractivity contribution is 0.151. The van der Waals surface area contributed by atoms with Gasteiger partial charge in [0.2, 0.25) is 0 Å². The third-order valence-electron chi connectivity index (χ3n) is 3.68. The van der Waals surface area contributed by atoms with Gasteiger partial charge in [0.05, 0.1) is 0 Å². The van der Waals surface area contributed by atoms with Gasteiger partial charge < -0.3 is 15.8 Å². The Bertz CT molecular complexity index is 351. The molecule has 1 rings (SSSR count). The first-order valence-electron chi connectivity index (χ1n) is 7.55. The molecule has 0 aliphatic rings. The Morgan fingerprint density at radius 2 is 1.95 bits per heavy atom. The molecule has 0 aromatic heterocycles. The number of hydrogen-bond acceptors (Lipinski definition) is 3. The predicted octanol–water partition coefficient (Wildman–Crippen LogP) is 3.12. The average molecular weight is 278 g/mol. The molecule has 3 N–H and O–H groups in total. The van der Waals surface area contributed by atoms with Crippen LogP contribution in [0.1, 0.15) is 44.7 Å². The number of methoxy groups -OCH3 is 1. The van der Waals surface area contributed by atoms with Crippen LogP contribution in [-0.4, -0.2) is 26.8 Å². The van der Waals surface area contributed by atoms with E-state index in [-0.39, 0.29) is 11.5 Å². The lowest BCUT2D eigenvalue weighted by Crippen LogP contribution is -2.31. The minimum absolute atomic E-state index is 0.152. The molecular weight excluding hydrogens is 248 g/mol. The van der Waals surface area contributed by atoms with Gasteiger partial charge in [-0.3, -0.25) is 0 Å². The van der Waals surface area contributed by atoms with E-state index in [0.717, 1.165) is 39.0 Å². The second-order valence-electron chi connectivity index (χ2n) is 6.24. The molecule has 0 heterocycles. The third-order valence-corrected chi connectivity index (χ3v) is 3.68. The summed E-state index contributed by atoms with van der Waals surface area (Å²) >= 11 is 0. The molecule has 0 bridgehead atoms. The molecule has 3 nitrogen and oxygen atoms in total. The van der Waals surface area contributed by atoms with Gasteiger partial charge in [0.15, 0.2) is 0 Å². The number of benzene rings is 1. The SMILES string of the molecule is COCCC(C)(C)CNCCCC(N)c1ccccc1. The zero-order valence-electron chi connectivity index (χ0n) is 13.2. The molecule has 0 spiro atoms. The summed E-state index contributed by atoms with van der Waals surface area (Å²) in [6, 6.07) is 10.5. The van der Waals surface area contributed by atoms with E-state index in [1.165, 1.54) is 5.56 Å². The topological polar surface area (TPSA) is 47.3 Å². The van der Waals surface area contributed by atoms with Crippen molar-refractivity contribution in [1.82, 2.24) is 5.32 Å². The zero-order valence-corrected chi connectivity index (χ0v) is 13.2. The Balaban J connectivity index is 2.13. The number of ether oxygens (including phenoxy) is 1. The second-order valence-corrected chi connectivity index (χ2v) is 6.24. The van der Waals surface area contributed by atoms with Crippen molar-refractivity contribution in [2.45, 2.75) is 39.2 Å². The molecule has 0 fully saturated rings. The molecular formula is C17H30N2O. The van der Waals surface area contributed by atoms with Crippen LogP contribution in [0, 0.1) is 5.41 Å². The van der Waals surface area contributed by atoms with Crippen molar-refractivity contribution in [2.75, 3.05) is 26.8 Å². The van der Waals surface area contributed by atoms with Crippen molar-refractivity contribution in [3.8, 4) is 0 Å². The highest BCUT2D eigenvalue weighted by Crippen LogP contribution is 2.19. The zero-order chi connectivity index (χ0) is 14.8. The Morgan fingerprint density at radius 3 is 2.60 bits per heavy atom. The molecule has 20 heavy (non-hydrogen) atoms. The summed E-state index contributed by atoms with van der Waals surface area (Å²) < 4.78 is 5.14. The molecule has 0 amide bonds. The fraction of sp³-hybridized carbons (Fsp3) is 0.647. The lowest BCUT2D eigenvalue weighted by Gasteiger charge is -2.24. The van der Waals surface area contributed by atoms with Crippen LogP contribution in [0.4, 0.5) is 0 Å². The normalized spacial score (nSPS) is 13.4. The average Bonchev–Trinajstić information content (AvgIpc) is 2.45. The van der Waals surface area contributed by atoms with Gasteiger partial charge >= 0.3 is 0 Å². The fourth-order valence-corrected chi connectivity index (χ4v) is 2.21. The largest absolute Gasteiger partial charge is 0.385 e. The predicted molar refractivity (Wildman–Crippen MR) is 85.7 cm³/mol. The minimum Gasteiger partial charge on any atom is -0.385 e. The summed E-state index contributed by atoms with van der Waals surface area (Å²) in [5, 5.41) is 3.53. The summed E-state index contributed by atoms with van der Waals surface area (Å²) in [5.41, 5.74) is 7.70. The van der Waals surface area contributed by atoms with Gasteiger partial charge in [-0.25, -0.2) is 0 Å². The van der Waals surface area contributed by atoms with Crippen LogP contribution in [-0.2, 0) is 4.74 Å². The van der Waals surface area contributed by atoms with E-state index in [2.05, 4.69) is 31.3 Å². The van der Waals surface area contributed by atoms with E-state index in [4.69, 9.17) is 10.5 Å². The molecule has 0 radical (unpaired) electrons.